The van der Waals surface area contributed by atoms with Crippen molar-refractivity contribution in [3.63, 3.8) is 0 Å². The van der Waals surface area contributed by atoms with Crippen LogP contribution in [0.4, 0.5) is 4.39 Å². The summed E-state index contributed by atoms with van der Waals surface area (Å²) < 4.78 is 18.5. The molecule has 2 aromatic rings. The maximum atomic E-state index is 13.3. The highest BCUT2D eigenvalue weighted by atomic mass is 19.1. The Morgan fingerprint density at radius 3 is 2.78 bits per heavy atom. The first kappa shape index (κ1) is 12.7. The summed E-state index contributed by atoms with van der Waals surface area (Å²) >= 11 is 0. The van der Waals surface area contributed by atoms with Crippen molar-refractivity contribution in [2.45, 2.75) is 26.2 Å². The van der Waals surface area contributed by atoms with Crippen molar-refractivity contribution in [3.05, 3.63) is 35.5 Å². The molecule has 0 radical (unpaired) electrons. The largest absolute Gasteiger partial charge is 0.339 e. The van der Waals surface area contributed by atoms with Crippen LogP contribution in [0, 0.1) is 12.7 Å². The predicted octanol–water partition coefficient (Wildman–Crippen LogP) is 2.64. The summed E-state index contributed by atoms with van der Waals surface area (Å²) in [7, 11) is 0. The number of rotatable bonds is 4. The summed E-state index contributed by atoms with van der Waals surface area (Å²) in [5.74, 6) is 0.666. The first-order chi connectivity index (χ1) is 8.63. The molecule has 5 heteroatoms. The fourth-order valence-corrected chi connectivity index (χ4v) is 1.83. The van der Waals surface area contributed by atoms with Crippen molar-refractivity contribution in [1.82, 2.24) is 10.1 Å². The summed E-state index contributed by atoms with van der Waals surface area (Å²) in [6.45, 7) is 4.29. The second-order valence-corrected chi connectivity index (χ2v) is 4.31. The number of halogens is 1. The molecule has 96 valence electrons. The minimum atomic E-state index is -0.304. The van der Waals surface area contributed by atoms with Gasteiger partial charge >= 0.3 is 0 Å². The van der Waals surface area contributed by atoms with Crippen molar-refractivity contribution in [1.29, 1.82) is 0 Å². The average Bonchev–Trinajstić information content (AvgIpc) is 2.79. The summed E-state index contributed by atoms with van der Waals surface area (Å²) in [4.78, 5) is 4.28. The third-order valence-electron chi connectivity index (χ3n) is 2.87. The normalized spacial score (nSPS) is 12.7. The molecular weight excluding hydrogens is 233 g/mol. The molecule has 0 bridgehead atoms. The average molecular weight is 249 g/mol. The fourth-order valence-electron chi connectivity index (χ4n) is 1.83. The molecule has 0 amide bonds. The first-order valence-corrected chi connectivity index (χ1v) is 5.95. The SMILES string of the molecule is CCC(CN)c1nc(-c2cc(C)cc(F)c2)no1. The molecule has 0 aliphatic carbocycles. The van der Waals surface area contributed by atoms with Crippen LogP contribution in [-0.2, 0) is 0 Å². The predicted molar refractivity (Wildman–Crippen MR) is 66.5 cm³/mol. The maximum absolute atomic E-state index is 13.3. The monoisotopic (exact) mass is 249 g/mol. The van der Waals surface area contributed by atoms with Gasteiger partial charge in [-0.15, -0.1) is 0 Å². The Morgan fingerprint density at radius 1 is 1.39 bits per heavy atom. The molecule has 2 N–H and O–H groups in total. The van der Waals surface area contributed by atoms with Gasteiger partial charge in [0.25, 0.3) is 0 Å². The van der Waals surface area contributed by atoms with Gasteiger partial charge in [-0.25, -0.2) is 4.39 Å². The molecule has 0 fully saturated rings. The van der Waals surface area contributed by atoms with E-state index in [2.05, 4.69) is 10.1 Å². The van der Waals surface area contributed by atoms with Gasteiger partial charge in [0.15, 0.2) is 0 Å². The van der Waals surface area contributed by atoms with E-state index in [1.165, 1.54) is 12.1 Å². The lowest BCUT2D eigenvalue weighted by Crippen LogP contribution is -2.11. The van der Waals surface area contributed by atoms with Crippen LogP contribution in [0.15, 0.2) is 22.7 Å². The fraction of sp³-hybridized carbons (Fsp3) is 0.385. The van der Waals surface area contributed by atoms with E-state index < -0.39 is 0 Å². The Hall–Kier alpha value is -1.75. The van der Waals surface area contributed by atoms with Crippen molar-refractivity contribution < 1.29 is 8.91 Å². The second-order valence-electron chi connectivity index (χ2n) is 4.31. The molecule has 0 aliphatic heterocycles. The van der Waals surface area contributed by atoms with Crippen LogP contribution in [0.25, 0.3) is 11.4 Å². The van der Waals surface area contributed by atoms with E-state index in [4.69, 9.17) is 10.3 Å². The van der Waals surface area contributed by atoms with E-state index >= 15 is 0 Å². The Balaban J connectivity index is 2.34. The summed E-state index contributed by atoms with van der Waals surface area (Å²) in [5, 5.41) is 3.88. The van der Waals surface area contributed by atoms with Gasteiger partial charge < -0.3 is 10.3 Å². The number of hydrogen-bond acceptors (Lipinski definition) is 4. The van der Waals surface area contributed by atoms with E-state index in [-0.39, 0.29) is 11.7 Å². The van der Waals surface area contributed by atoms with Gasteiger partial charge in [-0.05, 0) is 37.1 Å². The van der Waals surface area contributed by atoms with Crippen molar-refractivity contribution in [2.24, 2.45) is 5.73 Å². The molecule has 1 aromatic carbocycles. The number of nitrogens with two attached hydrogens (primary N) is 1. The zero-order valence-electron chi connectivity index (χ0n) is 10.5. The number of aromatic nitrogens is 2. The summed E-state index contributed by atoms with van der Waals surface area (Å²) in [5.41, 5.74) is 7.06. The number of benzene rings is 1. The summed E-state index contributed by atoms with van der Waals surface area (Å²) in [6, 6.07) is 4.67. The lowest BCUT2D eigenvalue weighted by Gasteiger charge is -2.04. The lowest BCUT2D eigenvalue weighted by atomic mass is 10.1. The molecule has 0 saturated heterocycles. The highest BCUT2D eigenvalue weighted by Crippen LogP contribution is 2.22. The number of aryl methyl sites for hydroxylation is 1. The first-order valence-electron chi connectivity index (χ1n) is 5.95. The minimum absolute atomic E-state index is 0.0564. The topological polar surface area (TPSA) is 64.9 Å². The van der Waals surface area contributed by atoms with E-state index in [0.29, 0.717) is 23.8 Å². The van der Waals surface area contributed by atoms with Gasteiger partial charge in [0, 0.05) is 12.1 Å². The van der Waals surface area contributed by atoms with Crippen LogP contribution >= 0.6 is 0 Å². The van der Waals surface area contributed by atoms with Gasteiger partial charge in [-0.3, -0.25) is 0 Å². The zero-order chi connectivity index (χ0) is 13.1. The molecule has 18 heavy (non-hydrogen) atoms. The van der Waals surface area contributed by atoms with Crippen LogP contribution < -0.4 is 5.73 Å². The van der Waals surface area contributed by atoms with Gasteiger partial charge in [0.1, 0.15) is 5.82 Å². The second kappa shape index (κ2) is 5.27. The zero-order valence-corrected chi connectivity index (χ0v) is 10.5. The molecule has 0 aliphatic rings. The third-order valence-corrected chi connectivity index (χ3v) is 2.87. The number of nitrogens with zero attached hydrogens (tertiary/aromatic N) is 2. The maximum Gasteiger partial charge on any atom is 0.231 e. The van der Waals surface area contributed by atoms with Crippen molar-refractivity contribution in [3.8, 4) is 11.4 Å². The Morgan fingerprint density at radius 2 is 2.17 bits per heavy atom. The molecule has 4 nitrogen and oxygen atoms in total. The third kappa shape index (κ3) is 2.56. The molecule has 2 rings (SSSR count). The lowest BCUT2D eigenvalue weighted by molar-refractivity contribution is 0.351. The Bertz CT molecular complexity index is 515. The molecule has 0 spiro atoms. The van der Waals surface area contributed by atoms with Gasteiger partial charge in [0.05, 0.1) is 5.92 Å². The molecule has 1 heterocycles. The highest BCUT2D eigenvalue weighted by molar-refractivity contribution is 5.55. The summed E-state index contributed by atoms with van der Waals surface area (Å²) in [6.07, 6.45) is 0.834. The molecular formula is C13H16FN3O. The van der Waals surface area contributed by atoms with Crippen LogP contribution in [0.2, 0.25) is 0 Å². The van der Waals surface area contributed by atoms with Gasteiger partial charge in [0.2, 0.25) is 11.7 Å². The van der Waals surface area contributed by atoms with E-state index in [1.54, 1.807) is 0 Å². The minimum Gasteiger partial charge on any atom is -0.339 e. The van der Waals surface area contributed by atoms with Crippen LogP contribution in [0.3, 0.4) is 0 Å². The van der Waals surface area contributed by atoms with Gasteiger partial charge in [-0.2, -0.15) is 4.98 Å². The van der Waals surface area contributed by atoms with E-state index in [0.717, 1.165) is 12.0 Å². The van der Waals surface area contributed by atoms with Crippen LogP contribution in [0.1, 0.15) is 30.7 Å². The smallest absolute Gasteiger partial charge is 0.231 e. The van der Waals surface area contributed by atoms with E-state index in [9.17, 15) is 4.39 Å². The number of hydrogen-bond donors (Lipinski definition) is 1. The van der Waals surface area contributed by atoms with Gasteiger partial charge in [-0.1, -0.05) is 12.1 Å². The Kier molecular flexibility index (Phi) is 3.72. The Labute approximate surface area is 105 Å². The molecule has 0 saturated carbocycles. The van der Waals surface area contributed by atoms with E-state index in [1.807, 2.05) is 19.9 Å². The van der Waals surface area contributed by atoms with Crippen LogP contribution in [0.5, 0.6) is 0 Å². The van der Waals surface area contributed by atoms with Crippen molar-refractivity contribution >= 4 is 0 Å². The van der Waals surface area contributed by atoms with Crippen molar-refractivity contribution in [2.75, 3.05) is 6.54 Å². The molecule has 1 aromatic heterocycles. The molecule has 1 atom stereocenters. The highest BCUT2D eigenvalue weighted by Gasteiger charge is 2.16. The standard InChI is InChI=1S/C13H16FN3O/c1-3-9(7-15)13-16-12(17-18-13)10-4-8(2)5-11(14)6-10/h4-6,9H,3,7,15H2,1-2H3. The van der Waals surface area contributed by atoms with Crippen LogP contribution in [-0.4, -0.2) is 16.7 Å². The quantitative estimate of drug-likeness (QED) is 0.904. The molecule has 1 unspecified atom stereocenters.